The van der Waals surface area contributed by atoms with Crippen LogP contribution in [0, 0.1) is 19.8 Å². The molecule has 0 aliphatic carbocycles. The Bertz CT molecular complexity index is 411. The third kappa shape index (κ3) is 2.79. The van der Waals surface area contributed by atoms with Gasteiger partial charge in [-0.1, -0.05) is 15.9 Å². The summed E-state index contributed by atoms with van der Waals surface area (Å²) >= 11 is 5.78. The molecule has 1 aromatic rings. The highest BCUT2D eigenvalue weighted by Gasteiger charge is 2.27. The molecule has 1 aromatic heterocycles. The van der Waals surface area contributed by atoms with Gasteiger partial charge >= 0.3 is 0 Å². The molecule has 2 unspecified atom stereocenters. The molecule has 1 fully saturated rings. The Morgan fingerprint density at radius 2 is 2.24 bits per heavy atom. The molecule has 0 radical (unpaired) electrons. The molecule has 0 aromatic carbocycles. The number of hydrogen-bond donors (Lipinski definition) is 0. The number of aromatic nitrogens is 1. The Labute approximate surface area is 116 Å². The van der Waals surface area contributed by atoms with Crippen molar-refractivity contribution in [3.8, 4) is 5.75 Å². The minimum Gasteiger partial charge on any atom is -0.496 e. The Morgan fingerprint density at radius 3 is 2.82 bits per heavy atom. The van der Waals surface area contributed by atoms with E-state index in [2.05, 4.69) is 27.8 Å². The maximum absolute atomic E-state index is 5.45. The summed E-state index contributed by atoms with van der Waals surface area (Å²) in [7, 11) is 1.73. The molecule has 4 heteroatoms. The second kappa shape index (κ2) is 5.61. The van der Waals surface area contributed by atoms with Gasteiger partial charge in [0, 0.05) is 33.6 Å². The maximum Gasteiger partial charge on any atom is 0.128 e. The molecule has 0 N–H and O–H groups in total. The van der Waals surface area contributed by atoms with Gasteiger partial charge < -0.3 is 4.74 Å². The van der Waals surface area contributed by atoms with Gasteiger partial charge in [-0.2, -0.15) is 11.8 Å². The monoisotopic (exact) mass is 315 g/mol. The molecule has 0 spiro atoms. The third-order valence-corrected chi connectivity index (χ3v) is 6.08. The predicted octanol–water partition coefficient (Wildman–Crippen LogP) is 3.38. The lowest BCUT2D eigenvalue weighted by molar-refractivity contribution is 0.406. The number of thioether (sulfide) groups is 1. The average molecular weight is 316 g/mol. The Balaban J connectivity index is 2.21. The van der Waals surface area contributed by atoms with Gasteiger partial charge in [0.1, 0.15) is 5.75 Å². The highest BCUT2D eigenvalue weighted by Crippen LogP contribution is 2.34. The zero-order valence-corrected chi connectivity index (χ0v) is 12.9. The Hall–Kier alpha value is -0.220. The summed E-state index contributed by atoms with van der Waals surface area (Å²) in [6.07, 6.45) is 2.97. The van der Waals surface area contributed by atoms with Crippen molar-refractivity contribution in [2.45, 2.75) is 25.1 Å². The van der Waals surface area contributed by atoms with Crippen LogP contribution in [0.4, 0.5) is 0 Å². The van der Waals surface area contributed by atoms with E-state index >= 15 is 0 Å². The van der Waals surface area contributed by atoms with Crippen molar-refractivity contribution in [3.63, 3.8) is 0 Å². The fourth-order valence-electron chi connectivity index (χ4n) is 2.28. The number of rotatable bonds is 3. The van der Waals surface area contributed by atoms with Crippen LogP contribution in [-0.4, -0.2) is 28.4 Å². The summed E-state index contributed by atoms with van der Waals surface area (Å²) in [4.78, 5) is 5.20. The summed E-state index contributed by atoms with van der Waals surface area (Å²) in [6.45, 7) is 4.15. The first-order valence-electron chi connectivity index (χ1n) is 5.84. The normalized spacial score (nSPS) is 24.0. The number of methoxy groups -OCH3 is 1. The van der Waals surface area contributed by atoms with Gasteiger partial charge in [-0.05, 0) is 31.9 Å². The van der Waals surface area contributed by atoms with E-state index in [-0.39, 0.29) is 0 Å². The molecule has 2 rings (SSSR count). The van der Waals surface area contributed by atoms with Crippen molar-refractivity contribution >= 4 is 27.7 Å². The van der Waals surface area contributed by atoms with E-state index in [0.29, 0.717) is 10.7 Å². The lowest BCUT2D eigenvalue weighted by Gasteiger charge is -2.16. The number of ether oxygens (including phenoxy) is 1. The van der Waals surface area contributed by atoms with Gasteiger partial charge in [-0.15, -0.1) is 0 Å². The van der Waals surface area contributed by atoms with E-state index in [9.17, 15) is 0 Å². The van der Waals surface area contributed by atoms with Crippen molar-refractivity contribution < 1.29 is 4.74 Å². The van der Waals surface area contributed by atoms with Crippen molar-refractivity contribution in [2.24, 2.45) is 5.92 Å². The van der Waals surface area contributed by atoms with Gasteiger partial charge in [0.2, 0.25) is 0 Å². The summed E-state index contributed by atoms with van der Waals surface area (Å²) < 4.78 is 5.45. The first-order chi connectivity index (χ1) is 8.13. The molecule has 1 aliphatic rings. The SMILES string of the molecule is COc1c(C)cnc(CC2CSCC2Br)c1C. The minimum atomic E-state index is 0.626. The van der Waals surface area contributed by atoms with E-state index in [1.54, 1.807) is 7.11 Å². The van der Waals surface area contributed by atoms with Crippen LogP contribution in [0.5, 0.6) is 5.75 Å². The second-order valence-corrected chi connectivity index (χ2v) is 6.81. The van der Waals surface area contributed by atoms with Crippen molar-refractivity contribution in [2.75, 3.05) is 18.6 Å². The molecule has 0 bridgehead atoms. The smallest absolute Gasteiger partial charge is 0.128 e. The van der Waals surface area contributed by atoms with E-state index in [4.69, 9.17) is 4.74 Å². The van der Waals surface area contributed by atoms with Crippen LogP contribution in [0.2, 0.25) is 0 Å². The molecular weight excluding hydrogens is 298 g/mol. The number of hydrogen-bond acceptors (Lipinski definition) is 3. The fourth-order valence-corrected chi connectivity index (χ4v) is 4.75. The van der Waals surface area contributed by atoms with Crippen LogP contribution in [0.3, 0.4) is 0 Å². The zero-order valence-electron chi connectivity index (χ0n) is 10.5. The quantitative estimate of drug-likeness (QED) is 0.798. The number of pyridine rings is 1. The van der Waals surface area contributed by atoms with Gasteiger partial charge in [0.15, 0.2) is 0 Å². The molecule has 17 heavy (non-hydrogen) atoms. The molecule has 94 valence electrons. The average Bonchev–Trinajstić information content (AvgIpc) is 2.69. The largest absolute Gasteiger partial charge is 0.496 e. The Kier molecular flexibility index (Phi) is 4.36. The lowest BCUT2D eigenvalue weighted by Crippen LogP contribution is -2.16. The topological polar surface area (TPSA) is 22.1 Å². The van der Waals surface area contributed by atoms with Gasteiger partial charge in [0.05, 0.1) is 7.11 Å². The highest BCUT2D eigenvalue weighted by atomic mass is 79.9. The summed E-state index contributed by atoms with van der Waals surface area (Å²) in [5.41, 5.74) is 3.50. The number of nitrogens with zero attached hydrogens (tertiary/aromatic N) is 1. The second-order valence-electron chi connectivity index (χ2n) is 4.56. The van der Waals surface area contributed by atoms with Gasteiger partial charge in [-0.3, -0.25) is 4.98 Å². The highest BCUT2D eigenvalue weighted by molar-refractivity contribution is 9.09. The van der Waals surface area contributed by atoms with Crippen LogP contribution in [0.1, 0.15) is 16.8 Å². The third-order valence-electron chi connectivity index (χ3n) is 3.33. The van der Waals surface area contributed by atoms with Crippen molar-refractivity contribution in [3.05, 3.63) is 23.0 Å². The van der Waals surface area contributed by atoms with Gasteiger partial charge in [-0.25, -0.2) is 0 Å². The number of aryl methyl sites for hydroxylation is 1. The number of alkyl halides is 1. The summed E-state index contributed by atoms with van der Waals surface area (Å²) in [5.74, 6) is 4.13. The van der Waals surface area contributed by atoms with Crippen molar-refractivity contribution in [1.29, 1.82) is 0 Å². The van der Waals surface area contributed by atoms with Crippen LogP contribution < -0.4 is 4.74 Å². The van der Waals surface area contributed by atoms with E-state index in [1.165, 1.54) is 22.8 Å². The van der Waals surface area contributed by atoms with Gasteiger partial charge in [0.25, 0.3) is 0 Å². The standard InChI is InChI=1S/C13H18BrNOS/c1-8-5-15-12(9(2)13(8)16-3)4-10-6-17-7-11(10)14/h5,10-11H,4,6-7H2,1-3H3. The number of halogens is 1. The molecule has 0 amide bonds. The van der Waals surface area contributed by atoms with Crippen LogP contribution >= 0.6 is 27.7 Å². The summed E-state index contributed by atoms with van der Waals surface area (Å²) in [5, 5.41) is 0. The van der Waals surface area contributed by atoms with Crippen LogP contribution in [-0.2, 0) is 6.42 Å². The van der Waals surface area contributed by atoms with E-state index < -0.39 is 0 Å². The minimum absolute atomic E-state index is 0.626. The van der Waals surface area contributed by atoms with Crippen LogP contribution in [0.15, 0.2) is 6.20 Å². The van der Waals surface area contributed by atoms with E-state index in [0.717, 1.165) is 17.7 Å². The molecule has 2 nitrogen and oxygen atoms in total. The predicted molar refractivity (Wildman–Crippen MR) is 77.5 cm³/mol. The molecule has 0 saturated carbocycles. The van der Waals surface area contributed by atoms with Crippen LogP contribution in [0.25, 0.3) is 0 Å². The van der Waals surface area contributed by atoms with E-state index in [1.807, 2.05) is 24.9 Å². The molecule has 1 aliphatic heterocycles. The Morgan fingerprint density at radius 1 is 1.47 bits per heavy atom. The van der Waals surface area contributed by atoms with Crippen molar-refractivity contribution in [1.82, 2.24) is 4.98 Å². The molecule has 2 heterocycles. The molecule has 2 atom stereocenters. The maximum atomic E-state index is 5.45. The zero-order chi connectivity index (χ0) is 12.4. The lowest BCUT2D eigenvalue weighted by atomic mass is 9.98. The first-order valence-corrected chi connectivity index (χ1v) is 7.91. The first kappa shape index (κ1) is 13.2. The molecular formula is C13H18BrNOS. The molecule has 1 saturated heterocycles. The fraction of sp³-hybridized carbons (Fsp3) is 0.615. The summed E-state index contributed by atoms with van der Waals surface area (Å²) in [6, 6.07) is 0.